The van der Waals surface area contributed by atoms with E-state index in [-0.39, 0.29) is 22.5 Å². The van der Waals surface area contributed by atoms with Crippen LogP contribution in [-0.4, -0.2) is 52.2 Å². The summed E-state index contributed by atoms with van der Waals surface area (Å²) >= 11 is 1.15. The molecule has 1 atom stereocenters. The number of piperidine rings is 1. The van der Waals surface area contributed by atoms with Gasteiger partial charge >= 0.3 is 0 Å². The Hall–Kier alpha value is -2.62. The van der Waals surface area contributed by atoms with Crippen molar-refractivity contribution in [1.29, 1.82) is 5.26 Å². The van der Waals surface area contributed by atoms with E-state index in [4.69, 9.17) is 11.0 Å². The fraction of sp³-hybridized carbons (Fsp3) is 0.474. The number of nitrogens with one attached hydrogen (secondary N) is 1. The molecule has 3 N–H and O–H groups in total. The highest BCUT2D eigenvalue weighted by molar-refractivity contribution is 7.99. The van der Waals surface area contributed by atoms with Gasteiger partial charge in [-0.2, -0.15) is 9.57 Å². The summed E-state index contributed by atoms with van der Waals surface area (Å²) in [6, 6.07) is 7.48. The molecule has 3 rings (SSSR count). The Morgan fingerprint density at radius 1 is 1.26 bits per heavy atom. The third-order valence-corrected chi connectivity index (χ3v) is 7.76. The second-order valence-electron chi connectivity index (χ2n) is 7.06. The summed E-state index contributed by atoms with van der Waals surface area (Å²) < 4.78 is 28.6. The lowest BCUT2D eigenvalue weighted by molar-refractivity contribution is -0.119. The van der Waals surface area contributed by atoms with Crippen molar-refractivity contribution in [2.75, 3.05) is 29.9 Å². The molecule has 1 aromatic carbocycles. The lowest BCUT2D eigenvalue weighted by atomic mass is 10.2. The van der Waals surface area contributed by atoms with Crippen LogP contribution in [0.15, 0.2) is 34.3 Å². The molecule has 2 heterocycles. The van der Waals surface area contributed by atoms with Crippen LogP contribution in [0.5, 0.6) is 0 Å². The van der Waals surface area contributed by atoms with Gasteiger partial charge in [-0.3, -0.25) is 9.36 Å². The third-order valence-electron chi connectivity index (χ3n) is 5.03. The number of nitrogen functional groups attached to an aromatic ring is 1. The van der Waals surface area contributed by atoms with E-state index in [1.807, 2.05) is 13.0 Å². The van der Waals surface area contributed by atoms with E-state index in [9.17, 15) is 13.2 Å². The second-order valence-corrected chi connectivity index (χ2v) is 9.94. The highest BCUT2D eigenvalue weighted by Gasteiger charge is 2.27. The average Bonchev–Trinajstić information content (AvgIpc) is 3.14. The van der Waals surface area contributed by atoms with Gasteiger partial charge in [-0.25, -0.2) is 8.42 Å². The van der Waals surface area contributed by atoms with Crippen LogP contribution < -0.4 is 11.1 Å². The highest BCUT2D eigenvalue weighted by atomic mass is 32.2. The largest absolute Gasteiger partial charge is 0.368 e. The smallest absolute Gasteiger partial charge is 0.247 e. The van der Waals surface area contributed by atoms with Crippen molar-refractivity contribution in [2.45, 2.75) is 48.7 Å². The molecule has 1 aromatic heterocycles. The number of nitrogens with two attached hydrogens (primary N) is 1. The zero-order valence-corrected chi connectivity index (χ0v) is 18.8. The number of nitrogens with zero attached hydrogens (tertiary/aromatic N) is 5. The second kappa shape index (κ2) is 10.1. The quantitative estimate of drug-likeness (QED) is 0.567. The standard InChI is InChI=1S/C19H25N7O3S2/c1-2-16(26-18(21)23-24-19(26)30-13-10-20)17(27)22-14-6-8-15(9-7-14)31(28,29)25-11-4-3-5-12-25/h6-9,16H,2-5,11-13H2,1H3,(H2,21,23)(H,22,27). The number of hydrogen-bond donors (Lipinski definition) is 2. The van der Waals surface area contributed by atoms with Crippen molar-refractivity contribution in [3.8, 4) is 6.07 Å². The van der Waals surface area contributed by atoms with E-state index in [1.54, 1.807) is 12.1 Å². The normalized spacial score (nSPS) is 15.9. The number of hydrogen-bond acceptors (Lipinski definition) is 8. The molecule has 12 heteroatoms. The van der Waals surface area contributed by atoms with Gasteiger partial charge in [-0.05, 0) is 43.5 Å². The fourth-order valence-corrected chi connectivity index (χ4v) is 5.62. The zero-order chi connectivity index (χ0) is 22.4. The molecule has 1 saturated heterocycles. The number of rotatable bonds is 8. The molecule has 1 fully saturated rings. The van der Waals surface area contributed by atoms with E-state index in [1.165, 1.54) is 21.0 Å². The molecule has 31 heavy (non-hydrogen) atoms. The molecule has 0 radical (unpaired) electrons. The summed E-state index contributed by atoms with van der Waals surface area (Å²) in [5.74, 6) is -0.0896. The summed E-state index contributed by atoms with van der Waals surface area (Å²) in [5, 5.41) is 19.8. The number of thioether (sulfide) groups is 1. The number of aromatic nitrogens is 3. The number of carbonyl (C=O) groups is 1. The summed E-state index contributed by atoms with van der Waals surface area (Å²) in [4.78, 5) is 13.1. The molecule has 0 bridgehead atoms. The van der Waals surface area contributed by atoms with Gasteiger partial charge < -0.3 is 11.1 Å². The van der Waals surface area contributed by atoms with Crippen molar-refractivity contribution in [1.82, 2.24) is 19.1 Å². The molecule has 166 valence electrons. The first-order valence-electron chi connectivity index (χ1n) is 9.99. The van der Waals surface area contributed by atoms with E-state index in [2.05, 4.69) is 15.5 Å². The minimum atomic E-state index is -3.53. The molecular formula is C19H25N7O3S2. The molecule has 2 aromatic rings. The van der Waals surface area contributed by atoms with Crippen molar-refractivity contribution in [3.05, 3.63) is 24.3 Å². The molecule has 1 aliphatic heterocycles. The summed E-state index contributed by atoms with van der Waals surface area (Å²) in [6.45, 7) is 2.90. The number of carbonyl (C=O) groups excluding carboxylic acids is 1. The van der Waals surface area contributed by atoms with Crippen LogP contribution in [-0.2, 0) is 14.8 Å². The van der Waals surface area contributed by atoms with E-state index < -0.39 is 16.1 Å². The lowest BCUT2D eigenvalue weighted by Gasteiger charge is -2.26. The number of sulfonamides is 1. The third kappa shape index (κ3) is 5.17. The van der Waals surface area contributed by atoms with Gasteiger partial charge in [0.2, 0.25) is 21.9 Å². The van der Waals surface area contributed by atoms with Crippen LogP contribution in [0.25, 0.3) is 0 Å². The maximum atomic E-state index is 12.9. The van der Waals surface area contributed by atoms with Crippen molar-refractivity contribution in [2.24, 2.45) is 0 Å². The van der Waals surface area contributed by atoms with E-state index >= 15 is 0 Å². The van der Waals surface area contributed by atoms with Gasteiger partial charge in [-0.15, -0.1) is 10.2 Å². The lowest BCUT2D eigenvalue weighted by Crippen LogP contribution is -2.35. The Labute approximate surface area is 185 Å². The number of anilines is 2. The molecular weight excluding hydrogens is 438 g/mol. The van der Waals surface area contributed by atoms with Crippen molar-refractivity contribution < 1.29 is 13.2 Å². The van der Waals surface area contributed by atoms with Gasteiger partial charge in [0, 0.05) is 18.8 Å². The Bertz CT molecular complexity index is 1060. The number of nitriles is 1. The van der Waals surface area contributed by atoms with Crippen LogP contribution in [0.2, 0.25) is 0 Å². The predicted molar refractivity (Wildman–Crippen MR) is 118 cm³/mol. The maximum Gasteiger partial charge on any atom is 0.247 e. The van der Waals surface area contributed by atoms with Crippen LogP contribution in [0.1, 0.15) is 38.6 Å². The van der Waals surface area contributed by atoms with Gasteiger partial charge in [0.05, 0.1) is 16.7 Å². The first-order chi connectivity index (χ1) is 14.9. The average molecular weight is 464 g/mol. The molecule has 10 nitrogen and oxygen atoms in total. The number of amides is 1. The highest BCUT2D eigenvalue weighted by Crippen LogP contribution is 2.27. The van der Waals surface area contributed by atoms with Crippen LogP contribution in [0.3, 0.4) is 0 Å². The van der Waals surface area contributed by atoms with Gasteiger partial charge in [0.1, 0.15) is 6.04 Å². The van der Waals surface area contributed by atoms with E-state index in [0.717, 1.165) is 31.0 Å². The Morgan fingerprint density at radius 2 is 1.94 bits per heavy atom. The summed E-state index contributed by atoms with van der Waals surface area (Å²) in [7, 11) is -3.53. The summed E-state index contributed by atoms with van der Waals surface area (Å²) in [6.07, 6.45) is 3.21. The minimum absolute atomic E-state index is 0.0883. The Balaban J connectivity index is 1.74. The first kappa shape index (κ1) is 23.1. The van der Waals surface area contributed by atoms with Gasteiger partial charge in [0.15, 0.2) is 5.16 Å². The van der Waals surface area contributed by atoms with Gasteiger partial charge in [-0.1, -0.05) is 25.1 Å². The Kier molecular flexibility index (Phi) is 7.53. The topological polar surface area (TPSA) is 147 Å². The predicted octanol–water partition coefficient (Wildman–Crippen LogP) is 2.24. The van der Waals surface area contributed by atoms with Crippen molar-refractivity contribution in [3.63, 3.8) is 0 Å². The summed E-state index contributed by atoms with van der Waals surface area (Å²) in [5.41, 5.74) is 6.37. The van der Waals surface area contributed by atoms with Crippen molar-refractivity contribution >= 4 is 39.3 Å². The van der Waals surface area contributed by atoms with Gasteiger partial charge in [0.25, 0.3) is 0 Å². The zero-order valence-electron chi connectivity index (χ0n) is 17.2. The van der Waals surface area contributed by atoms with Crippen LogP contribution in [0.4, 0.5) is 11.6 Å². The molecule has 1 aliphatic rings. The Morgan fingerprint density at radius 3 is 2.55 bits per heavy atom. The maximum absolute atomic E-state index is 12.9. The monoisotopic (exact) mass is 463 g/mol. The minimum Gasteiger partial charge on any atom is -0.368 e. The molecule has 0 saturated carbocycles. The van der Waals surface area contributed by atoms with Crippen LogP contribution in [0, 0.1) is 11.3 Å². The molecule has 1 amide bonds. The molecule has 0 aliphatic carbocycles. The SMILES string of the molecule is CCC(C(=O)Nc1ccc(S(=O)(=O)N2CCCCC2)cc1)n1c(N)nnc1SCC#N. The molecule has 0 spiro atoms. The number of benzene rings is 1. The first-order valence-corrected chi connectivity index (χ1v) is 12.4. The van der Waals surface area contributed by atoms with Crippen LogP contribution >= 0.6 is 11.8 Å². The molecule has 1 unspecified atom stereocenters. The van der Waals surface area contributed by atoms with E-state index in [0.29, 0.717) is 30.4 Å². The fourth-order valence-electron chi connectivity index (χ4n) is 3.45.